The third kappa shape index (κ3) is 5.31. The maximum absolute atomic E-state index is 13.2. The van der Waals surface area contributed by atoms with Crippen LogP contribution in [0.25, 0.3) is 16.9 Å². The van der Waals surface area contributed by atoms with Crippen molar-refractivity contribution < 1.29 is 9.59 Å². The normalized spacial score (nSPS) is 10.3. The molecule has 2 aromatic carbocycles. The topological polar surface area (TPSA) is 101 Å². The quantitative estimate of drug-likeness (QED) is 0.370. The molecule has 2 aromatic heterocycles. The molecule has 164 valence electrons. The summed E-state index contributed by atoms with van der Waals surface area (Å²) in [6.45, 7) is 3.93. The highest BCUT2D eigenvalue weighted by molar-refractivity contribution is 6.08. The molecular weight excluding hydrogens is 416 g/mol. The van der Waals surface area contributed by atoms with Crippen molar-refractivity contribution in [1.29, 1.82) is 0 Å². The second kappa shape index (κ2) is 10.1. The van der Waals surface area contributed by atoms with E-state index in [4.69, 9.17) is 0 Å². The maximum Gasteiger partial charge on any atom is 0.319 e. The Morgan fingerprint density at radius 3 is 2.33 bits per heavy atom. The van der Waals surface area contributed by atoms with Gasteiger partial charge in [-0.2, -0.15) is 5.10 Å². The van der Waals surface area contributed by atoms with Crippen molar-refractivity contribution in [3.63, 3.8) is 0 Å². The first-order valence-corrected chi connectivity index (χ1v) is 10.3. The molecule has 0 bridgehead atoms. The highest BCUT2D eigenvalue weighted by atomic mass is 16.2. The number of carbonyl (C=O) groups is 2. The van der Waals surface area contributed by atoms with Crippen LogP contribution in [-0.4, -0.2) is 33.2 Å². The van der Waals surface area contributed by atoms with Crippen molar-refractivity contribution in [3.05, 3.63) is 104 Å². The average molecular weight is 438 g/mol. The molecule has 4 aromatic rings. The van der Waals surface area contributed by atoms with Crippen LogP contribution < -0.4 is 16.0 Å². The van der Waals surface area contributed by atoms with Crippen molar-refractivity contribution in [2.24, 2.45) is 0 Å². The Bertz CT molecular complexity index is 1250. The van der Waals surface area contributed by atoms with Crippen LogP contribution in [0.4, 0.5) is 16.2 Å². The van der Waals surface area contributed by atoms with Gasteiger partial charge < -0.3 is 16.0 Å². The number of anilines is 2. The summed E-state index contributed by atoms with van der Waals surface area (Å²) < 4.78 is 1.67. The number of amides is 3. The molecule has 0 unspecified atom stereocenters. The molecule has 0 atom stereocenters. The van der Waals surface area contributed by atoms with Gasteiger partial charge in [-0.25, -0.2) is 9.48 Å². The molecule has 0 aliphatic heterocycles. The molecule has 0 saturated heterocycles. The van der Waals surface area contributed by atoms with E-state index in [1.54, 1.807) is 59.7 Å². The zero-order chi connectivity index (χ0) is 23.0. The van der Waals surface area contributed by atoms with Crippen molar-refractivity contribution in [2.45, 2.75) is 0 Å². The van der Waals surface area contributed by atoms with E-state index in [-0.39, 0.29) is 11.9 Å². The zero-order valence-electron chi connectivity index (χ0n) is 17.7. The lowest BCUT2D eigenvalue weighted by molar-refractivity contribution is 0.102. The van der Waals surface area contributed by atoms with E-state index in [1.165, 1.54) is 0 Å². The molecule has 0 saturated carbocycles. The van der Waals surface area contributed by atoms with Crippen molar-refractivity contribution in [1.82, 2.24) is 20.1 Å². The first-order chi connectivity index (χ1) is 16.1. The molecular formula is C25H22N6O2. The number of nitrogens with zero attached hydrogens (tertiary/aromatic N) is 3. The minimum atomic E-state index is -0.332. The van der Waals surface area contributed by atoms with Gasteiger partial charge in [0.1, 0.15) is 5.69 Å². The summed E-state index contributed by atoms with van der Waals surface area (Å²) in [4.78, 5) is 29.1. The van der Waals surface area contributed by atoms with E-state index < -0.39 is 0 Å². The second-order valence-corrected chi connectivity index (χ2v) is 7.07. The Morgan fingerprint density at radius 2 is 1.67 bits per heavy atom. The Kier molecular flexibility index (Phi) is 6.56. The van der Waals surface area contributed by atoms with Gasteiger partial charge >= 0.3 is 6.03 Å². The van der Waals surface area contributed by atoms with Crippen LogP contribution in [0.1, 0.15) is 10.4 Å². The van der Waals surface area contributed by atoms with E-state index in [9.17, 15) is 9.59 Å². The minimum absolute atomic E-state index is 0.305. The lowest BCUT2D eigenvalue weighted by Crippen LogP contribution is -2.28. The number of hydrogen-bond acceptors (Lipinski definition) is 4. The van der Waals surface area contributed by atoms with Gasteiger partial charge in [-0.1, -0.05) is 24.3 Å². The molecule has 0 spiro atoms. The van der Waals surface area contributed by atoms with Crippen LogP contribution >= 0.6 is 0 Å². The lowest BCUT2D eigenvalue weighted by Gasteiger charge is -2.08. The summed E-state index contributed by atoms with van der Waals surface area (Å²) in [5.74, 6) is -0.305. The number of nitrogens with one attached hydrogen (secondary N) is 3. The fourth-order valence-corrected chi connectivity index (χ4v) is 3.14. The minimum Gasteiger partial charge on any atom is -0.334 e. The Hall–Kier alpha value is -4.72. The molecule has 0 aliphatic rings. The number of hydrogen-bond donors (Lipinski definition) is 3. The SMILES string of the molecule is C=CCNC(=O)Nc1ccc(NC(=O)c2cn(-c3ccccc3)nc2-c2cccnc2)cc1. The van der Waals surface area contributed by atoms with E-state index >= 15 is 0 Å². The summed E-state index contributed by atoms with van der Waals surface area (Å²) in [5.41, 5.74) is 3.71. The third-order valence-electron chi connectivity index (χ3n) is 4.72. The lowest BCUT2D eigenvalue weighted by atomic mass is 10.1. The Morgan fingerprint density at radius 1 is 0.939 bits per heavy atom. The molecule has 8 heteroatoms. The van der Waals surface area contributed by atoms with E-state index in [0.29, 0.717) is 29.2 Å². The zero-order valence-corrected chi connectivity index (χ0v) is 17.7. The third-order valence-corrected chi connectivity index (χ3v) is 4.72. The number of pyridine rings is 1. The van der Waals surface area contributed by atoms with Gasteiger partial charge in [0.15, 0.2) is 0 Å². The van der Waals surface area contributed by atoms with Gasteiger partial charge in [0.2, 0.25) is 0 Å². The van der Waals surface area contributed by atoms with Crippen LogP contribution in [0.3, 0.4) is 0 Å². The largest absolute Gasteiger partial charge is 0.334 e. The van der Waals surface area contributed by atoms with Crippen molar-refractivity contribution >= 4 is 23.3 Å². The molecule has 2 heterocycles. The average Bonchev–Trinajstić information content (AvgIpc) is 3.31. The van der Waals surface area contributed by atoms with Crippen LogP contribution in [-0.2, 0) is 0 Å². The smallest absolute Gasteiger partial charge is 0.319 e. The number of aromatic nitrogens is 3. The fourth-order valence-electron chi connectivity index (χ4n) is 3.14. The van der Waals surface area contributed by atoms with Gasteiger partial charge in [0.05, 0.1) is 11.3 Å². The summed E-state index contributed by atoms with van der Waals surface area (Å²) in [5, 5.41) is 12.9. The van der Waals surface area contributed by atoms with Crippen molar-refractivity contribution in [3.8, 4) is 16.9 Å². The van der Waals surface area contributed by atoms with Gasteiger partial charge in [0.25, 0.3) is 5.91 Å². The molecule has 33 heavy (non-hydrogen) atoms. The predicted octanol–water partition coefficient (Wildman–Crippen LogP) is 4.49. The summed E-state index contributed by atoms with van der Waals surface area (Å²) in [7, 11) is 0. The number of benzene rings is 2. The molecule has 0 radical (unpaired) electrons. The Labute approximate surface area is 191 Å². The first kappa shape index (κ1) is 21.5. The fraction of sp³-hybridized carbons (Fsp3) is 0.0400. The summed E-state index contributed by atoms with van der Waals surface area (Å²) >= 11 is 0. The molecule has 4 rings (SSSR count). The maximum atomic E-state index is 13.2. The van der Waals surface area contributed by atoms with Gasteiger partial charge in [0, 0.05) is 42.1 Å². The molecule has 0 fully saturated rings. The van der Waals surface area contributed by atoms with Gasteiger partial charge in [-0.3, -0.25) is 9.78 Å². The predicted molar refractivity (Wildman–Crippen MR) is 128 cm³/mol. The summed E-state index contributed by atoms with van der Waals surface area (Å²) in [6.07, 6.45) is 6.64. The highest BCUT2D eigenvalue weighted by Crippen LogP contribution is 2.24. The first-order valence-electron chi connectivity index (χ1n) is 10.3. The highest BCUT2D eigenvalue weighted by Gasteiger charge is 2.19. The van der Waals surface area contributed by atoms with Crippen LogP contribution in [0, 0.1) is 0 Å². The summed E-state index contributed by atoms with van der Waals surface area (Å²) in [6, 6.07) is 19.7. The Balaban J connectivity index is 1.56. The van der Waals surface area contributed by atoms with Crippen LogP contribution in [0.5, 0.6) is 0 Å². The molecule has 3 amide bonds. The molecule has 3 N–H and O–H groups in total. The second-order valence-electron chi connectivity index (χ2n) is 7.07. The van der Waals surface area contributed by atoms with E-state index in [0.717, 1.165) is 11.3 Å². The monoisotopic (exact) mass is 438 g/mol. The number of urea groups is 1. The van der Waals surface area contributed by atoms with Crippen LogP contribution in [0.2, 0.25) is 0 Å². The standard InChI is InChI=1S/C25H22N6O2/c1-2-14-27-25(33)29-20-12-10-19(11-13-20)28-24(32)22-17-31(21-8-4-3-5-9-21)30-23(22)18-7-6-15-26-16-18/h2-13,15-17H,1,14H2,(H,28,32)(H2,27,29,33). The molecule has 0 aliphatic carbocycles. The van der Waals surface area contributed by atoms with E-state index in [2.05, 4.69) is 32.6 Å². The van der Waals surface area contributed by atoms with E-state index in [1.807, 2.05) is 36.4 Å². The van der Waals surface area contributed by atoms with Gasteiger partial charge in [-0.15, -0.1) is 6.58 Å². The number of carbonyl (C=O) groups excluding carboxylic acids is 2. The van der Waals surface area contributed by atoms with Crippen LogP contribution in [0.15, 0.2) is 98.0 Å². The van der Waals surface area contributed by atoms with Gasteiger partial charge in [-0.05, 0) is 48.5 Å². The number of rotatable bonds is 7. The number of para-hydroxylation sites is 1. The van der Waals surface area contributed by atoms with Crippen molar-refractivity contribution in [2.75, 3.05) is 17.2 Å². The molecule has 8 nitrogen and oxygen atoms in total.